The lowest BCUT2D eigenvalue weighted by Crippen LogP contribution is -2.13. The summed E-state index contributed by atoms with van der Waals surface area (Å²) in [6.07, 6.45) is -4.63. The van der Waals surface area contributed by atoms with Gasteiger partial charge in [0, 0.05) is 5.88 Å². The van der Waals surface area contributed by atoms with Crippen molar-refractivity contribution in [2.45, 2.75) is 12.1 Å². The monoisotopic (exact) mass is 277 g/mol. The Morgan fingerprint density at radius 3 is 2.50 bits per heavy atom. The molecule has 0 heterocycles. The number of rotatable bonds is 2. The number of carbonyl (C=O) groups is 1. The molecular weight excluding hydrogens is 271 g/mol. The van der Waals surface area contributed by atoms with Crippen molar-refractivity contribution in [3.63, 3.8) is 0 Å². The molecule has 0 fully saturated rings. The number of hydrogen-bond acceptors (Lipinski definition) is 3. The van der Waals surface area contributed by atoms with Crippen LogP contribution in [0.2, 0.25) is 0 Å². The van der Waals surface area contributed by atoms with Crippen molar-refractivity contribution in [2.75, 3.05) is 7.11 Å². The van der Waals surface area contributed by atoms with Gasteiger partial charge < -0.3 is 4.74 Å². The van der Waals surface area contributed by atoms with Gasteiger partial charge in [0.05, 0.1) is 23.8 Å². The van der Waals surface area contributed by atoms with Gasteiger partial charge in [0.25, 0.3) is 0 Å². The van der Waals surface area contributed by atoms with Crippen molar-refractivity contribution in [1.29, 1.82) is 5.26 Å². The minimum absolute atomic E-state index is 0.233. The lowest BCUT2D eigenvalue weighted by molar-refractivity contribution is -0.138. The first-order valence-corrected chi connectivity index (χ1v) is 5.17. The first-order valence-electron chi connectivity index (χ1n) is 4.63. The number of carbonyl (C=O) groups excluding carboxylic acids is 1. The highest BCUT2D eigenvalue weighted by Crippen LogP contribution is 2.34. The SMILES string of the molecule is COC(=O)c1cc(CCl)c(C(F)(F)F)cc1C#N. The molecule has 0 amide bonds. The Morgan fingerprint density at radius 1 is 1.50 bits per heavy atom. The van der Waals surface area contributed by atoms with Crippen LogP contribution in [0.5, 0.6) is 0 Å². The lowest BCUT2D eigenvalue weighted by Gasteiger charge is -2.13. The van der Waals surface area contributed by atoms with Crippen LogP contribution in [0, 0.1) is 11.3 Å². The topological polar surface area (TPSA) is 50.1 Å². The summed E-state index contributed by atoms with van der Waals surface area (Å²) in [5, 5.41) is 8.76. The van der Waals surface area contributed by atoms with Crippen LogP contribution in [0.25, 0.3) is 0 Å². The normalized spacial score (nSPS) is 10.9. The van der Waals surface area contributed by atoms with Crippen LogP contribution >= 0.6 is 11.6 Å². The van der Waals surface area contributed by atoms with Crippen LogP contribution in [-0.2, 0) is 16.8 Å². The molecule has 0 aromatic heterocycles. The summed E-state index contributed by atoms with van der Waals surface area (Å²) in [5.74, 6) is -1.31. The molecule has 7 heteroatoms. The fourth-order valence-electron chi connectivity index (χ4n) is 1.39. The highest BCUT2D eigenvalue weighted by molar-refractivity contribution is 6.17. The highest BCUT2D eigenvalue weighted by Gasteiger charge is 2.34. The van der Waals surface area contributed by atoms with E-state index in [-0.39, 0.29) is 11.1 Å². The summed E-state index contributed by atoms with van der Waals surface area (Å²) < 4.78 is 42.4. The standard InChI is InChI=1S/C11H7ClF3NO2/c1-18-10(17)8-2-6(4-12)9(11(13,14)15)3-7(8)5-16/h2-3H,4H2,1H3. The van der Waals surface area contributed by atoms with E-state index in [1.165, 1.54) is 6.07 Å². The summed E-state index contributed by atoms with van der Waals surface area (Å²) in [5.41, 5.74) is -1.93. The molecule has 0 atom stereocenters. The smallest absolute Gasteiger partial charge is 0.416 e. The quantitative estimate of drug-likeness (QED) is 0.616. The fraction of sp³-hybridized carbons (Fsp3) is 0.273. The van der Waals surface area contributed by atoms with Gasteiger partial charge in [-0.15, -0.1) is 11.6 Å². The minimum atomic E-state index is -4.63. The van der Waals surface area contributed by atoms with E-state index in [2.05, 4.69) is 4.74 Å². The lowest BCUT2D eigenvalue weighted by atomic mass is 9.99. The molecule has 0 unspecified atom stereocenters. The van der Waals surface area contributed by atoms with Crippen LogP contribution < -0.4 is 0 Å². The zero-order valence-electron chi connectivity index (χ0n) is 9.14. The van der Waals surface area contributed by atoms with Crippen molar-refractivity contribution in [1.82, 2.24) is 0 Å². The number of alkyl halides is 4. The molecule has 0 aliphatic carbocycles. The molecule has 0 aliphatic rings. The predicted octanol–water partition coefficient (Wildman–Crippen LogP) is 3.10. The van der Waals surface area contributed by atoms with E-state index in [4.69, 9.17) is 16.9 Å². The molecule has 0 saturated heterocycles. The maximum atomic E-state index is 12.7. The van der Waals surface area contributed by atoms with Gasteiger partial charge in [-0.2, -0.15) is 18.4 Å². The molecule has 0 bridgehead atoms. The third-order valence-corrected chi connectivity index (χ3v) is 2.51. The molecule has 18 heavy (non-hydrogen) atoms. The van der Waals surface area contributed by atoms with E-state index in [0.29, 0.717) is 6.07 Å². The van der Waals surface area contributed by atoms with Crippen molar-refractivity contribution < 1.29 is 22.7 Å². The number of esters is 1. The van der Waals surface area contributed by atoms with Crippen LogP contribution in [0.1, 0.15) is 27.0 Å². The summed E-state index contributed by atoms with van der Waals surface area (Å²) in [7, 11) is 1.07. The Balaban J connectivity index is 3.53. The number of nitriles is 1. The van der Waals surface area contributed by atoms with E-state index < -0.39 is 29.2 Å². The second-order valence-corrected chi connectivity index (χ2v) is 3.56. The average molecular weight is 278 g/mol. The second-order valence-electron chi connectivity index (χ2n) is 3.29. The van der Waals surface area contributed by atoms with Crippen molar-refractivity contribution >= 4 is 17.6 Å². The molecule has 0 saturated carbocycles. The first kappa shape index (κ1) is 14.3. The third kappa shape index (κ3) is 2.74. The first-order chi connectivity index (χ1) is 8.35. The van der Waals surface area contributed by atoms with E-state index in [9.17, 15) is 18.0 Å². The van der Waals surface area contributed by atoms with Crippen molar-refractivity contribution in [3.05, 3.63) is 34.4 Å². The summed E-state index contributed by atoms with van der Waals surface area (Å²) in [6.45, 7) is 0. The van der Waals surface area contributed by atoms with Crippen molar-refractivity contribution in [2.24, 2.45) is 0 Å². The van der Waals surface area contributed by atoms with Gasteiger partial charge in [-0.3, -0.25) is 0 Å². The van der Waals surface area contributed by atoms with E-state index >= 15 is 0 Å². The molecule has 0 N–H and O–H groups in total. The van der Waals surface area contributed by atoms with Gasteiger partial charge in [-0.1, -0.05) is 0 Å². The van der Waals surface area contributed by atoms with Gasteiger partial charge in [-0.25, -0.2) is 4.79 Å². The summed E-state index contributed by atoms with van der Waals surface area (Å²) >= 11 is 5.42. The Kier molecular flexibility index (Phi) is 4.19. The molecule has 0 radical (unpaired) electrons. The third-order valence-electron chi connectivity index (χ3n) is 2.22. The number of benzene rings is 1. The highest BCUT2D eigenvalue weighted by atomic mass is 35.5. The molecule has 1 aromatic rings. The minimum Gasteiger partial charge on any atom is -0.465 e. The summed E-state index contributed by atoms with van der Waals surface area (Å²) in [6, 6.07) is 3.06. The Labute approximate surface area is 106 Å². The van der Waals surface area contributed by atoms with Gasteiger partial charge in [0.2, 0.25) is 0 Å². The molecule has 96 valence electrons. The number of methoxy groups -OCH3 is 1. The van der Waals surface area contributed by atoms with Gasteiger partial charge in [0.15, 0.2) is 0 Å². The molecule has 1 rings (SSSR count). The van der Waals surface area contributed by atoms with Gasteiger partial charge in [-0.05, 0) is 17.7 Å². The Bertz CT molecular complexity index is 520. The average Bonchev–Trinajstić information content (AvgIpc) is 2.34. The second kappa shape index (κ2) is 5.27. The molecular formula is C11H7ClF3NO2. The Morgan fingerprint density at radius 2 is 2.11 bits per heavy atom. The van der Waals surface area contributed by atoms with Crippen LogP contribution in [0.3, 0.4) is 0 Å². The zero-order valence-corrected chi connectivity index (χ0v) is 9.89. The number of nitrogens with zero attached hydrogens (tertiary/aromatic N) is 1. The molecule has 1 aromatic carbocycles. The van der Waals surface area contributed by atoms with Crippen LogP contribution in [0.4, 0.5) is 13.2 Å². The molecule has 0 aliphatic heterocycles. The number of hydrogen-bond donors (Lipinski definition) is 0. The summed E-state index contributed by atoms with van der Waals surface area (Å²) in [4.78, 5) is 11.3. The van der Waals surface area contributed by atoms with Gasteiger partial charge in [0.1, 0.15) is 6.07 Å². The van der Waals surface area contributed by atoms with E-state index in [1.54, 1.807) is 0 Å². The van der Waals surface area contributed by atoms with Crippen LogP contribution in [-0.4, -0.2) is 13.1 Å². The Hall–Kier alpha value is -1.74. The van der Waals surface area contributed by atoms with E-state index in [0.717, 1.165) is 13.2 Å². The van der Waals surface area contributed by atoms with E-state index in [1.807, 2.05) is 0 Å². The maximum absolute atomic E-state index is 12.7. The maximum Gasteiger partial charge on any atom is 0.416 e. The van der Waals surface area contributed by atoms with Crippen LogP contribution in [0.15, 0.2) is 12.1 Å². The number of ether oxygens (including phenoxy) is 1. The molecule has 0 spiro atoms. The number of halogens is 4. The van der Waals surface area contributed by atoms with Gasteiger partial charge >= 0.3 is 12.1 Å². The largest absolute Gasteiger partial charge is 0.465 e. The predicted molar refractivity (Wildman–Crippen MR) is 57.1 cm³/mol. The zero-order chi connectivity index (χ0) is 13.9. The fourth-order valence-corrected chi connectivity index (χ4v) is 1.61. The van der Waals surface area contributed by atoms with Crippen molar-refractivity contribution in [3.8, 4) is 6.07 Å². The molecule has 3 nitrogen and oxygen atoms in total.